The summed E-state index contributed by atoms with van der Waals surface area (Å²) in [5.74, 6) is 2.46. The van der Waals surface area contributed by atoms with Crippen molar-refractivity contribution in [3.8, 4) is 11.5 Å². The van der Waals surface area contributed by atoms with Crippen molar-refractivity contribution in [3.05, 3.63) is 54.3 Å². The number of nitrogens with zero attached hydrogens (tertiary/aromatic N) is 6. The van der Waals surface area contributed by atoms with Gasteiger partial charge in [0.15, 0.2) is 16.7 Å². The van der Waals surface area contributed by atoms with E-state index >= 15 is 0 Å². The van der Waals surface area contributed by atoms with Gasteiger partial charge in [0, 0.05) is 37.1 Å². The third kappa shape index (κ3) is 4.76. The standard InChI is InChI=1S/C22H24N8OS/c1-15-5-7-16(8-6-15)32-22-25-20(24-21(26-22)30-11-9-29(2)10-12-30)23-19-14-17(27-28-19)18-4-3-13-31-18/h3-8,13-14H,9-12H2,1-2H3,(H2,23,24,25,26,27,28). The van der Waals surface area contributed by atoms with Crippen LogP contribution in [0.3, 0.4) is 0 Å². The molecule has 0 saturated carbocycles. The van der Waals surface area contributed by atoms with Gasteiger partial charge < -0.3 is 19.5 Å². The van der Waals surface area contributed by atoms with Gasteiger partial charge in [-0.15, -0.1) is 0 Å². The van der Waals surface area contributed by atoms with Gasteiger partial charge in [0.05, 0.1) is 6.26 Å². The van der Waals surface area contributed by atoms with Crippen molar-refractivity contribution in [2.45, 2.75) is 17.0 Å². The number of aryl methyl sites for hydroxylation is 1. The Kier molecular flexibility index (Phi) is 5.78. The summed E-state index contributed by atoms with van der Waals surface area (Å²) in [5.41, 5.74) is 2.00. The number of aromatic nitrogens is 5. The first-order valence-electron chi connectivity index (χ1n) is 10.4. The highest BCUT2D eigenvalue weighted by Crippen LogP contribution is 2.28. The third-order valence-electron chi connectivity index (χ3n) is 5.22. The van der Waals surface area contributed by atoms with E-state index in [4.69, 9.17) is 9.40 Å². The first kappa shape index (κ1) is 20.5. The first-order valence-corrected chi connectivity index (χ1v) is 11.2. The van der Waals surface area contributed by atoms with Gasteiger partial charge in [-0.1, -0.05) is 17.7 Å². The van der Waals surface area contributed by atoms with Crippen LogP contribution in [-0.4, -0.2) is 63.3 Å². The number of likely N-dealkylation sites (N-methyl/N-ethyl adjacent to an activating group) is 1. The average Bonchev–Trinajstić information content (AvgIpc) is 3.48. The highest BCUT2D eigenvalue weighted by atomic mass is 32.2. The predicted molar refractivity (Wildman–Crippen MR) is 124 cm³/mol. The maximum atomic E-state index is 5.43. The molecule has 0 bridgehead atoms. The van der Waals surface area contributed by atoms with Crippen LogP contribution in [0.1, 0.15) is 5.56 Å². The zero-order valence-corrected chi connectivity index (χ0v) is 18.8. The van der Waals surface area contributed by atoms with E-state index in [1.54, 1.807) is 6.26 Å². The van der Waals surface area contributed by atoms with Gasteiger partial charge >= 0.3 is 0 Å². The summed E-state index contributed by atoms with van der Waals surface area (Å²) < 4.78 is 5.43. The van der Waals surface area contributed by atoms with Crippen LogP contribution in [-0.2, 0) is 0 Å². The molecule has 2 N–H and O–H groups in total. The van der Waals surface area contributed by atoms with E-state index in [1.807, 2.05) is 18.2 Å². The fraction of sp³-hybridized carbons (Fsp3) is 0.273. The molecule has 1 aliphatic heterocycles. The van der Waals surface area contributed by atoms with Crippen LogP contribution in [0.5, 0.6) is 0 Å². The molecule has 1 fully saturated rings. The molecule has 1 aromatic carbocycles. The molecule has 0 aliphatic carbocycles. The molecule has 9 nitrogen and oxygen atoms in total. The minimum atomic E-state index is 0.459. The van der Waals surface area contributed by atoms with Gasteiger partial charge in [-0.3, -0.25) is 5.10 Å². The molecule has 3 aromatic heterocycles. The van der Waals surface area contributed by atoms with Gasteiger partial charge in [-0.05, 0) is 50.0 Å². The number of benzene rings is 1. The number of hydrogen-bond acceptors (Lipinski definition) is 9. The van der Waals surface area contributed by atoms with E-state index in [1.165, 1.54) is 17.3 Å². The van der Waals surface area contributed by atoms with Crippen LogP contribution in [0, 0.1) is 6.92 Å². The zero-order chi connectivity index (χ0) is 21.9. The number of H-pyrrole nitrogens is 1. The summed E-state index contributed by atoms with van der Waals surface area (Å²) >= 11 is 1.52. The summed E-state index contributed by atoms with van der Waals surface area (Å²) in [6.07, 6.45) is 1.63. The number of anilines is 3. The van der Waals surface area contributed by atoms with E-state index in [-0.39, 0.29) is 0 Å². The minimum Gasteiger partial charge on any atom is -0.463 e. The largest absolute Gasteiger partial charge is 0.463 e. The van der Waals surface area contributed by atoms with Crippen LogP contribution in [0.2, 0.25) is 0 Å². The van der Waals surface area contributed by atoms with Gasteiger partial charge in [0.25, 0.3) is 0 Å². The lowest BCUT2D eigenvalue weighted by atomic mass is 10.2. The molecule has 32 heavy (non-hydrogen) atoms. The van der Waals surface area contributed by atoms with Crippen molar-refractivity contribution < 1.29 is 4.42 Å². The fourth-order valence-electron chi connectivity index (χ4n) is 3.37. The highest BCUT2D eigenvalue weighted by Gasteiger charge is 2.19. The molecular formula is C22H24N8OS. The van der Waals surface area contributed by atoms with Crippen molar-refractivity contribution in [2.75, 3.05) is 43.4 Å². The van der Waals surface area contributed by atoms with Crippen molar-refractivity contribution in [2.24, 2.45) is 0 Å². The average molecular weight is 449 g/mol. The molecule has 1 saturated heterocycles. The lowest BCUT2D eigenvalue weighted by Crippen LogP contribution is -2.45. The summed E-state index contributed by atoms with van der Waals surface area (Å²) in [4.78, 5) is 19.7. The van der Waals surface area contributed by atoms with Crippen molar-refractivity contribution in [1.29, 1.82) is 0 Å². The lowest BCUT2D eigenvalue weighted by molar-refractivity contribution is 0.311. The third-order valence-corrected chi connectivity index (χ3v) is 6.10. The Balaban J connectivity index is 1.42. The van der Waals surface area contributed by atoms with E-state index in [0.717, 1.165) is 42.5 Å². The minimum absolute atomic E-state index is 0.459. The Bertz CT molecular complexity index is 1170. The number of hydrogen-bond donors (Lipinski definition) is 2. The lowest BCUT2D eigenvalue weighted by Gasteiger charge is -2.32. The summed E-state index contributed by atoms with van der Waals surface area (Å²) in [6.45, 7) is 5.77. The van der Waals surface area contributed by atoms with Gasteiger partial charge in [0.2, 0.25) is 11.9 Å². The molecule has 4 aromatic rings. The second kappa shape index (κ2) is 9.01. The Morgan fingerprint density at radius 3 is 2.59 bits per heavy atom. The Hall–Kier alpha value is -3.37. The van der Waals surface area contributed by atoms with Crippen molar-refractivity contribution in [1.82, 2.24) is 30.0 Å². The van der Waals surface area contributed by atoms with Crippen LogP contribution in [0.25, 0.3) is 11.5 Å². The molecule has 0 atom stereocenters. The van der Waals surface area contributed by atoms with Crippen molar-refractivity contribution >= 4 is 29.5 Å². The topological polar surface area (TPSA) is 99.0 Å². The summed E-state index contributed by atoms with van der Waals surface area (Å²) in [6, 6.07) is 13.9. The molecule has 164 valence electrons. The first-order chi connectivity index (χ1) is 15.6. The SMILES string of the molecule is Cc1ccc(Sc2nc(Nc3cc(-c4ccco4)[nH]n3)nc(N3CCN(C)CC3)n2)cc1. The highest BCUT2D eigenvalue weighted by molar-refractivity contribution is 7.99. The molecule has 1 aliphatic rings. The van der Waals surface area contributed by atoms with Crippen LogP contribution < -0.4 is 10.2 Å². The number of piperazine rings is 1. The number of rotatable bonds is 6. The van der Waals surface area contributed by atoms with Gasteiger partial charge in [0.1, 0.15) is 5.69 Å². The van der Waals surface area contributed by atoms with E-state index in [9.17, 15) is 0 Å². The maximum Gasteiger partial charge on any atom is 0.234 e. The predicted octanol–water partition coefficient (Wildman–Crippen LogP) is 3.81. The van der Waals surface area contributed by atoms with E-state index < -0.39 is 0 Å². The number of nitrogens with one attached hydrogen (secondary N) is 2. The molecule has 10 heteroatoms. The zero-order valence-electron chi connectivity index (χ0n) is 17.9. The van der Waals surface area contributed by atoms with Crippen molar-refractivity contribution in [3.63, 3.8) is 0 Å². The van der Waals surface area contributed by atoms with Crippen LogP contribution in [0.15, 0.2) is 63.2 Å². The Morgan fingerprint density at radius 2 is 1.84 bits per heavy atom. The quantitative estimate of drug-likeness (QED) is 0.456. The smallest absolute Gasteiger partial charge is 0.234 e. The molecule has 4 heterocycles. The molecule has 0 amide bonds. The number of aromatic amines is 1. The van der Waals surface area contributed by atoms with Gasteiger partial charge in [-0.2, -0.15) is 20.1 Å². The van der Waals surface area contributed by atoms with Gasteiger partial charge in [-0.25, -0.2) is 0 Å². The monoisotopic (exact) mass is 448 g/mol. The van der Waals surface area contributed by atoms with Crippen LogP contribution >= 0.6 is 11.8 Å². The molecule has 5 rings (SSSR count). The second-order valence-electron chi connectivity index (χ2n) is 7.72. The number of furan rings is 1. The summed E-state index contributed by atoms with van der Waals surface area (Å²) in [5, 5.41) is 11.1. The normalized spacial score (nSPS) is 14.6. The summed E-state index contributed by atoms with van der Waals surface area (Å²) in [7, 11) is 2.13. The molecule has 0 spiro atoms. The Labute approximate surface area is 190 Å². The van der Waals surface area contributed by atoms with Crippen LogP contribution in [0.4, 0.5) is 17.7 Å². The van der Waals surface area contributed by atoms with E-state index in [2.05, 4.69) is 73.5 Å². The second-order valence-corrected chi connectivity index (χ2v) is 8.76. The fourth-order valence-corrected chi connectivity index (χ4v) is 4.11. The maximum absolute atomic E-state index is 5.43. The molecule has 0 unspecified atom stereocenters. The molecular weight excluding hydrogens is 424 g/mol. The van der Waals surface area contributed by atoms with E-state index in [0.29, 0.717) is 22.9 Å². The Morgan fingerprint density at radius 1 is 1.03 bits per heavy atom. The molecule has 0 radical (unpaired) electrons.